The lowest BCUT2D eigenvalue weighted by Gasteiger charge is -2.01. The summed E-state index contributed by atoms with van der Waals surface area (Å²) in [6.45, 7) is 2.66. The van der Waals surface area contributed by atoms with E-state index in [-0.39, 0.29) is 0 Å². The Balaban J connectivity index is 2.09. The summed E-state index contributed by atoms with van der Waals surface area (Å²) in [7, 11) is 0. The standard InChI is InChI=1S/C16H20NOS/c1-2-3-4-5-14-6-8-15(9-7-14)16-17(10-12-18)11-13-19-16/h6-9,11-13H,2-5,10H2,1H3/q+1. The summed E-state index contributed by atoms with van der Waals surface area (Å²) in [5, 5.41) is 3.17. The van der Waals surface area contributed by atoms with Crippen molar-refractivity contribution in [1.82, 2.24) is 0 Å². The molecule has 3 heteroatoms. The van der Waals surface area contributed by atoms with Gasteiger partial charge in [-0.3, -0.25) is 4.79 Å². The molecule has 0 N–H and O–H groups in total. The Labute approximate surface area is 118 Å². The van der Waals surface area contributed by atoms with Crippen LogP contribution in [0.3, 0.4) is 0 Å². The zero-order chi connectivity index (χ0) is 13.5. The van der Waals surface area contributed by atoms with Crippen LogP contribution in [0.15, 0.2) is 35.8 Å². The van der Waals surface area contributed by atoms with E-state index in [1.165, 1.54) is 30.4 Å². The van der Waals surface area contributed by atoms with Gasteiger partial charge in [-0.2, -0.15) is 4.57 Å². The third kappa shape index (κ3) is 3.74. The lowest BCUT2D eigenvalue weighted by atomic mass is 10.1. The number of carbonyl (C=O) groups is 1. The van der Waals surface area contributed by atoms with E-state index < -0.39 is 0 Å². The van der Waals surface area contributed by atoms with Gasteiger partial charge >= 0.3 is 0 Å². The molecule has 100 valence electrons. The van der Waals surface area contributed by atoms with Gasteiger partial charge in [0.25, 0.3) is 5.01 Å². The Morgan fingerprint density at radius 1 is 1.21 bits per heavy atom. The highest BCUT2D eigenvalue weighted by molar-refractivity contribution is 7.12. The predicted octanol–water partition coefficient (Wildman–Crippen LogP) is 3.63. The van der Waals surface area contributed by atoms with E-state index in [1.807, 2.05) is 16.1 Å². The topological polar surface area (TPSA) is 20.9 Å². The molecule has 1 heterocycles. The maximum Gasteiger partial charge on any atom is 0.269 e. The highest BCUT2D eigenvalue weighted by Crippen LogP contribution is 2.21. The monoisotopic (exact) mass is 274 g/mol. The maximum absolute atomic E-state index is 10.6. The molecule has 0 aliphatic carbocycles. The third-order valence-electron chi connectivity index (χ3n) is 3.22. The summed E-state index contributed by atoms with van der Waals surface area (Å²) in [6, 6.07) is 8.73. The van der Waals surface area contributed by atoms with Crippen molar-refractivity contribution >= 4 is 17.6 Å². The van der Waals surface area contributed by atoms with E-state index in [0.29, 0.717) is 6.54 Å². The number of hydrogen-bond donors (Lipinski definition) is 0. The molecule has 0 atom stereocenters. The molecule has 2 nitrogen and oxygen atoms in total. The fraction of sp³-hybridized carbons (Fsp3) is 0.375. The molecule has 0 fully saturated rings. The van der Waals surface area contributed by atoms with Crippen LogP contribution < -0.4 is 4.57 Å². The zero-order valence-corrected chi connectivity index (χ0v) is 12.2. The number of thiazole rings is 1. The van der Waals surface area contributed by atoms with Crippen LogP contribution in [0.2, 0.25) is 0 Å². The zero-order valence-electron chi connectivity index (χ0n) is 11.3. The first-order valence-corrected chi connectivity index (χ1v) is 7.73. The molecule has 0 bridgehead atoms. The molecule has 0 unspecified atom stereocenters. The van der Waals surface area contributed by atoms with Crippen LogP contribution in [0.1, 0.15) is 31.7 Å². The number of unbranched alkanes of at least 4 members (excludes halogenated alkanes) is 2. The SMILES string of the molecule is CCCCCc1ccc(-c2scc[n+]2CC=O)cc1. The van der Waals surface area contributed by atoms with E-state index in [1.54, 1.807) is 11.3 Å². The number of carbonyl (C=O) groups excluding carboxylic acids is 1. The van der Waals surface area contributed by atoms with Gasteiger partial charge in [0.1, 0.15) is 0 Å². The van der Waals surface area contributed by atoms with Gasteiger partial charge in [0.05, 0.1) is 10.9 Å². The van der Waals surface area contributed by atoms with Crippen molar-refractivity contribution in [3.8, 4) is 10.6 Å². The Kier molecular flexibility index (Phi) is 5.28. The number of hydrogen-bond acceptors (Lipinski definition) is 2. The fourth-order valence-electron chi connectivity index (χ4n) is 2.15. The van der Waals surface area contributed by atoms with Crippen LogP contribution in [-0.4, -0.2) is 6.29 Å². The van der Waals surface area contributed by atoms with Gasteiger partial charge in [-0.05, 0) is 30.5 Å². The molecule has 0 aliphatic heterocycles. The van der Waals surface area contributed by atoms with Crippen LogP contribution in [0, 0.1) is 0 Å². The van der Waals surface area contributed by atoms with Gasteiger partial charge in [0.15, 0.2) is 12.5 Å². The summed E-state index contributed by atoms with van der Waals surface area (Å²) in [5.74, 6) is 0. The van der Waals surface area contributed by atoms with Gasteiger partial charge in [-0.25, -0.2) is 0 Å². The number of aryl methyl sites for hydroxylation is 1. The van der Waals surface area contributed by atoms with Crippen molar-refractivity contribution in [1.29, 1.82) is 0 Å². The molecule has 1 aromatic heterocycles. The lowest BCUT2D eigenvalue weighted by Crippen LogP contribution is -2.33. The van der Waals surface area contributed by atoms with Crippen molar-refractivity contribution < 1.29 is 9.36 Å². The molecule has 0 saturated heterocycles. The predicted molar refractivity (Wildman–Crippen MR) is 79.2 cm³/mol. The van der Waals surface area contributed by atoms with Gasteiger partial charge in [-0.15, -0.1) is 0 Å². The molecular weight excluding hydrogens is 254 g/mol. The Hall–Kier alpha value is -1.48. The van der Waals surface area contributed by atoms with Crippen molar-refractivity contribution in [3.05, 3.63) is 41.4 Å². The molecule has 2 rings (SSSR count). The second-order valence-corrected chi connectivity index (χ2v) is 5.58. The van der Waals surface area contributed by atoms with Gasteiger partial charge in [0.2, 0.25) is 6.54 Å². The molecule has 2 aromatic rings. The average Bonchev–Trinajstić information content (AvgIpc) is 2.89. The Morgan fingerprint density at radius 3 is 2.68 bits per heavy atom. The van der Waals surface area contributed by atoms with E-state index >= 15 is 0 Å². The molecule has 19 heavy (non-hydrogen) atoms. The largest absolute Gasteiger partial charge is 0.296 e. The molecule has 0 radical (unpaired) electrons. The van der Waals surface area contributed by atoms with Gasteiger partial charge in [0, 0.05) is 0 Å². The number of aromatic nitrogens is 1. The molecular formula is C16H20NOS+. The highest BCUT2D eigenvalue weighted by Gasteiger charge is 2.13. The van der Waals surface area contributed by atoms with Crippen LogP contribution in [0.25, 0.3) is 10.6 Å². The van der Waals surface area contributed by atoms with Crippen LogP contribution in [-0.2, 0) is 17.8 Å². The first-order chi connectivity index (χ1) is 9.35. The van der Waals surface area contributed by atoms with Crippen molar-refractivity contribution in [2.24, 2.45) is 0 Å². The molecule has 1 aromatic carbocycles. The Morgan fingerprint density at radius 2 is 2.00 bits per heavy atom. The second kappa shape index (κ2) is 7.19. The molecule has 0 amide bonds. The summed E-state index contributed by atoms with van der Waals surface area (Å²) < 4.78 is 1.99. The van der Waals surface area contributed by atoms with Gasteiger partial charge < -0.3 is 0 Å². The van der Waals surface area contributed by atoms with E-state index in [9.17, 15) is 4.79 Å². The fourth-order valence-corrected chi connectivity index (χ4v) is 3.03. The first kappa shape index (κ1) is 13.9. The Bertz CT molecular complexity index is 516. The van der Waals surface area contributed by atoms with E-state index in [2.05, 4.69) is 31.2 Å². The number of benzene rings is 1. The van der Waals surface area contributed by atoms with Crippen molar-refractivity contribution in [2.45, 2.75) is 39.2 Å². The summed E-state index contributed by atoms with van der Waals surface area (Å²) in [4.78, 5) is 10.6. The minimum Gasteiger partial charge on any atom is -0.296 e. The minimum atomic E-state index is 0.428. The smallest absolute Gasteiger partial charge is 0.269 e. The second-order valence-electron chi connectivity index (χ2n) is 4.68. The summed E-state index contributed by atoms with van der Waals surface area (Å²) in [6.07, 6.45) is 7.89. The minimum absolute atomic E-state index is 0.428. The third-order valence-corrected chi connectivity index (χ3v) is 4.17. The molecule has 0 saturated carbocycles. The number of aldehydes is 1. The van der Waals surface area contributed by atoms with Crippen LogP contribution in [0.4, 0.5) is 0 Å². The van der Waals surface area contributed by atoms with Crippen molar-refractivity contribution in [2.75, 3.05) is 0 Å². The maximum atomic E-state index is 10.6. The van der Waals surface area contributed by atoms with Crippen LogP contribution in [0.5, 0.6) is 0 Å². The highest BCUT2D eigenvalue weighted by atomic mass is 32.1. The quantitative estimate of drug-likeness (QED) is 0.429. The number of nitrogens with zero attached hydrogens (tertiary/aromatic N) is 1. The van der Waals surface area contributed by atoms with Crippen LogP contribution >= 0.6 is 11.3 Å². The normalized spacial score (nSPS) is 10.6. The molecule has 0 aliphatic rings. The number of rotatable bonds is 7. The average molecular weight is 274 g/mol. The van der Waals surface area contributed by atoms with Crippen molar-refractivity contribution in [3.63, 3.8) is 0 Å². The van der Waals surface area contributed by atoms with E-state index in [0.717, 1.165) is 17.7 Å². The summed E-state index contributed by atoms with van der Waals surface area (Å²) in [5.41, 5.74) is 2.59. The van der Waals surface area contributed by atoms with Gasteiger partial charge in [-0.1, -0.05) is 43.2 Å². The summed E-state index contributed by atoms with van der Waals surface area (Å²) >= 11 is 1.67. The first-order valence-electron chi connectivity index (χ1n) is 6.85. The van der Waals surface area contributed by atoms with E-state index in [4.69, 9.17) is 0 Å². The molecule has 0 spiro atoms. The lowest BCUT2D eigenvalue weighted by molar-refractivity contribution is -0.667.